The molecule has 0 saturated heterocycles. The summed E-state index contributed by atoms with van der Waals surface area (Å²) in [5, 5.41) is 0. The van der Waals surface area contributed by atoms with Gasteiger partial charge in [0, 0.05) is 0 Å². The second-order valence-electron chi connectivity index (χ2n) is 0.500. The third-order valence-corrected chi connectivity index (χ3v) is 0. The van der Waals surface area contributed by atoms with Crippen LogP contribution in [0.3, 0.4) is 0 Å². The van der Waals surface area contributed by atoms with Gasteiger partial charge in [-0.3, -0.25) is 0 Å². The van der Waals surface area contributed by atoms with Gasteiger partial charge in [-0.25, -0.2) is 0 Å². The molecule has 0 aromatic heterocycles. The third kappa shape index (κ3) is 88.9. The van der Waals surface area contributed by atoms with E-state index in [1.54, 1.807) is 0 Å². The summed E-state index contributed by atoms with van der Waals surface area (Å²) in [4.78, 5) is 0. The fraction of sp³-hybridized carbons (Fsp3) is 0. The van der Waals surface area contributed by atoms with Gasteiger partial charge in [-0.15, -0.1) is 0 Å². The Kier molecular flexibility index (Phi) is 44.6. The van der Waals surface area contributed by atoms with Gasteiger partial charge in [0.15, 0.2) is 0 Å². The van der Waals surface area contributed by atoms with E-state index in [0.717, 1.165) is 0 Å². The summed E-state index contributed by atoms with van der Waals surface area (Å²) in [7, 11) is 0. The van der Waals surface area contributed by atoms with E-state index >= 15 is 0 Å². The first-order valence-corrected chi connectivity index (χ1v) is 6.15. The summed E-state index contributed by atoms with van der Waals surface area (Å²) in [6.07, 6.45) is 0. The SMILES string of the molecule is [Ba+2].[O]=[Ti]([O-])[O-].[O]=[Zr]([O-])[O-].[Sr+2]. The predicted octanol–water partition coefficient (Wildman–Crippen LogP) is -5.76. The van der Waals surface area contributed by atoms with Crippen LogP contribution in [0.4, 0.5) is 0 Å². The Morgan fingerprint density at radius 3 is 1.20 bits per heavy atom. The molecule has 0 aromatic carbocycles. The van der Waals surface area contributed by atoms with E-state index in [-0.39, 0.29) is 94.4 Å². The first kappa shape index (κ1) is 23.7. The molecule has 6 nitrogen and oxygen atoms in total. The van der Waals surface area contributed by atoms with Crippen molar-refractivity contribution in [3.63, 3.8) is 0 Å². The molecule has 0 aliphatic heterocycles. The van der Waals surface area contributed by atoms with Gasteiger partial charge in [-0.2, -0.15) is 0 Å². The molecular weight excluding hydrogens is 460 g/mol. The molecule has 0 rings (SSSR count). The maximum atomic E-state index is 8.61. The first-order chi connectivity index (χ1) is 3.46. The van der Waals surface area contributed by atoms with E-state index in [2.05, 4.69) is 0 Å². The Morgan fingerprint density at radius 2 is 1.20 bits per heavy atom. The predicted molar refractivity (Wildman–Crippen MR) is 12.9 cm³/mol. The average molecular weight is 460 g/mol. The zero-order chi connectivity index (χ0) is 7.15. The zero-order valence-corrected chi connectivity index (χ0v) is 16.8. The van der Waals surface area contributed by atoms with Gasteiger partial charge in [0.25, 0.3) is 0 Å². The van der Waals surface area contributed by atoms with Crippen LogP contribution in [0.25, 0.3) is 0 Å². The minimum Gasteiger partial charge on any atom is 2.00 e. The molecule has 0 atom stereocenters. The third-order valence-electron chi connectivity index (χ3n) is 0. The van der Waals surface area contributed by atoms with Gasteiger partial charge in [-0.1, -0.05) is 0 Å². The summed E-state index contributed by atoms with van der Waals surface area (Å²) in [6, 6.07) is 0. The summed E-state index contributed by atoms with van der Waals surface area (Å²) in [6.45, 7) is 0. The Bertz CT molecular complexity index is 75.7. The van der Waals surface area contributed by atoms with E-state index in [1.165, 1.54) is 0 Å². The van der Waals surface area contributed by atoms with Gasteiger partial charge < -0.3 is 0 Å². The fourth-order valence-electron chi connectivity index (χ4n) is 0. The molecule has 0 amide bonds. The Balaban J connectivity index is -0.0000000300. The summed E-state index contributed by atoms with van der Waals surface area (Å²) in [5.41, 5.74) is 0. The minimum absolute atomic E-state index is 0. The molecule has 0 bridgehead atoms. The van der Waals surface area contributed by atoms with Gasteiger partial charge >= 0.3 is 155 Å². The summed E-state index contributed by atoms with van der Waals surface area (Å²) in [5.74, 6) is 0. The standard InChI is InChI=1S/Ba.6O.Sr.Ti.Zr/q+2;;;4*-1;+2;;. The maximum Gasteiger partial charge on any atom is 2.00 e. The molecule has 0 aliphatic carbocycles. The van der Waals surface area contributed by atoms with Crippen LogP contribution in [0.15, 0.2) is 0 Å². The number of rotatable bonds is 0. The molecule has 0 aliphatic rings. The molecule has 0 spiro atoms. The molecule has 0 heterocycles. The van der Waals surface area contributed by atoms with Crippen LogP contribution < -0.4 is 13.7 Å². The van der Waals surface area contributed by atoms with Crippen LogP contribution in [0.2, 0.25) is 0 Å². The number of hydrogen-bond acceptors (Lipinski definition) is 6. The van der Waals surface area contributed by atoms with Crippen LogP contribution >= 0.6 is 0 Å². The molecule has 0 radical (unpaired) electrons. The Hall–Kier alpha value is 4.09. The number of hydrogen-bond donors (Lipinski definition) is 0. The monoisotopic (exact) mass is 460 g/mol. The van der Waals surface area contributed by atoms with Crippen molar-refractivity contribution in [1.82, 2.24) is 0 Å². The van der Waals surface area contributed by atoms with Crippen molar-refractivity contribution in [2.75, 3.05) is 0 Å². The van der Waals surface area contributed by atoms with Crippen LogP contribution in [-0.2, 0) is 47.4 Å². The van der Waals surface area contributed by atoms with Crippen LogP contribution in [-0.4, -0.2) is 94.4 Å². The van der Waals surface area contributed by atoms with Crippen molar-refractivity contribution in [2.24, 2.45) is 0 Å². The second-order valence-corrected chi connectivity index (χ2v) is 2.51. The molecule has 0 N–H and O–H groups in total. The van der Waals surface area contributed by atoms with Crippen molar-refractivity contribution < 1.29 is 61.1 Å². The van der Waals surface area contributed by atoms with Crippen LogP contribution in [0, 0.1) is 0 Å². The summed E-state index contributed by atoms with van der Waals surface area (Å²) < 4.78 is 51.6. The Labute approximate surface area is 151 Å². The smallest absolute Gasteiger partial charge is 2.00 e. The van der Waals surface area contributed by atoms with E-state index in [0.29, 0.717) is 0 Å². The van der Waals surface area contributed by atoms with Crippen molar-refractivity contribution in [1.29, 1.82) is 0 Å². The molecule has 0 aromatic rings. The maximum absolute atomic E-state index is 8.61. The van der Waals surface area contributed by atoms with E-state index in [1.807, 2.05) is 0 Å². The topological polar surface area (TPSA) is 126 Å². The van der Waals surface area contributed by atoms with Crippen LogP contribution in [0.5, 0.6) is 0 Å². The van der Waals surface area contributed by atoms with Crippen molar-refractivity contribution in [3.8, 4) is 0 Å². The van der Waals surface area contributed by atoms with Gasteiger partial charge in [0.1, 0.15) is 0 Å². The van der Waals surface area contributed by atoms with Crippen LogP contribution in [0.1, 0.15) is 0 Å². The summed E-state index contributed by atoms with van der Waals surface area (Å²) >= 11 is -8.38. The fourth-order valence-corrected chi connectivity index (χ4v) is 0. The van der Waals surface area contributed by atoms with Gasteiger partial charge in [0.05, 0.1) is 0 Å². The van der Waals surface area contributed by atoms with Gasteiger partial charge in [0.2, 0.25) is 0 Å². The van der Waals surface area contributed by atoms with Crippen molar-refractivity contribution in [2.45, 2.75) is 0 Å². The average Bonchev–Trinajstić information content (AvgIpc) is 1.25. The molecule has 0 fully saturated rings. The van der Waals surface area contributed by atoms with Crippen molar-refractivity contribution in [3.05, 3.63) is 0 Å². The normalized spacial score (nSPS) is 5.20. The molecular formula is BaO6SrTiZr. The first-order valence-electron chi connectivity index (χ1n) is 1.22. The zero-order valence-electron chi connectivity index (χ0n) is 4.86. The van der Waals surface area contributed by atoms with E-state index in [4.69, 9.17) is 19.9 Å². The molecule has 0 unspecified atom stereocenters. The molecule has 0 saturated carbocycles. The van der Waals surface area contributed by atoms with E-state index < -0.39 is 41.3 Å². The van der Waals surface area contributed by atoms with Crippen molar-refractivity contribution >= 4 is 94.4 Å². The van der Waals surface area contributed by atoms with Gasteiger partial charge in [-0.05, 0) is 0 Å². The quantitative estimate of drug-likeness (QED) is 0.332. The molecule has 48 valence electrons. The largest absolute Gasteiger partial charge is 2.00 e. The molecule has 10 heteroatoms. The Morgan fingerprint density at radius 1 is 1.20 bits per heavy atom. The minimum atomic E-state index is -4.29. The second kappa shape index (κ2) is 18.8. The molecule has 10 heavy (non-hydrogen) atoms. The van der Waals surface area contributed by atoms with E-state index in [9.17, 15) is 0 Å².